The van der Waals surface area contributed by atoms with Crippen LogP contribution < -0.4 is 5.32 Å². The molecule has 0 saturated carbocycles. The number of hydrogen-bond donors (Lipinski definition) is 1. The first-order valence-corrected chi connectivity index (χ1v) is 7.44. The maximum atomic E-state index is 5.61. The van der Waals surface area contributed by atoms with Crippen LogP contribution in [-0.2, 0) is 13.1 Å². The second-order valence-electron chi connectivity index (χ2n) is 4.57. The Morgan fingerprint density at radius 2 is 2.47 bits per heavy atom. The van der Waals surface area contributed by atoms with E-state index in [-0.39, 0.29) is 0 Å². The van der Waals surface area contributed by atoms with E-state index in [0.717, 1.165) is 30.6 Å². The number of furan rings is 1. The van der Waals surface area contributed by atoms with E-state index in [1.165, 1.54) is 24.4 Å². The number of thioether (sulfide) groups is 1. The van der Waals surface area contributed by atoms with Gasteiger partial charge in [-0.05, 0) is 12.6 Å². The Labute approximate surface area is 108 Å². The molecular weight excluding hydrogens is 232 g/mol. The van der Waals surface area contributed by atoms with Gasteiger partial charge in [0.05, 0.1) is 12.8 Å². The largest absolute Gasteiger partial charge is 0.468 e. The van der Waals surface area contributed by atoms with Crippen LogP contribution in [0.5, 0.6) is 0 Å². The average molecular weight is 254 g/mol. The third-order valence-electron chi connectivity index (χ3n) is 3.10. The van der Waals surface area contributed by atoms with Crippen LogP contribution in [0.25, 0.3) is 0 Å². The zero-order chi connectivity index (χ0) is 12.1. The smallest absolute Gasteiger partial charge is 0.122 e. The van der Waals surface area contributed by atoms with Crippen LogP contribution in [0.1, 0.15) is 25.2 Å². The molecule has 17 heavy (non-hydrogen) atoms. The second-order valence-corrected chi connectivity index (χ2v) is 6.11. The molecule has 2 rings (SSSR count). The van der Waals surface area contributed by atoms with Gasteiger partial charge in [0.15, 0.2) is 0 Å². The molecule has 1 unspecified atom stereocenters. The van der Waals surface area contributed by atoms with Gasteiger partial charge in [0.2, 0.25) is 0 Å². The minimum Gasteiger partial charge on any atom is -0.468 e. The SMILES string of the molecule is CCNCc1ccoc1CN1CCSC(C)C1. The fourth-order valence-electron chi connectivity index (χ4n) is 2.16. The first kappa shape index (κ1) is 13.0. The molecule has 0 spiro atoms. The van der Waals surface area contributed by atoms with Gasteiger partial charge in [0.1, 0.15) is 5.76 Å². The Morgan fingerprint density at radius 1 is 1.59 bits per heavy atom. The van der Waals surface area contributed by atoms with Crippen molar-refractivity contribution < 1.29 is 4.42 Å². The fourth-order valence-corrected chi connectivity index (χ4v) is 3.24. The standard InChI is InChI=1S/C13H22N2OS/c1-3-14-8-12-4-6-16-13(12)10-15-5-7-17-11(2)9-15/h4,6,11,14H,3,5,7-10H2,1-2H3. The highest BCUT2D eigenvalue weighted by Gasteiger charge is 2.18. The Bertz CT molecular complexity index is 340. The van der Waals surface area contributed by atoms with Crippen molar-refractivity contribution in [2.24, 2.45) is 0 Å². The predicted molar refractivity (Wildman–Crippen MR) is 73.3 cm³/mol. The van der Waals surface area contributed by atoms with Gasteiger partial charge in [-0.25, -0.2) is 0 Å². The molecule has 96 valence electrons. The van der Waals surface area contributed by atoms with E-state index in [1.54, 1.807) is 0 Å². The van der Waals surface area contributed by atoms with Crippen molar-refractivity contribution in [1.29, 1.82) is 0 Å². The first-order chi connectivity index (χ1) is 8.29. The Kier molecular flexibility index (Phi) is 4.95. The fraction of sp³-hybridized carbons (Fsp3) is 0.692. The first-order valence-electron chi connectivity index (χ1n) is 6.39. The average Bonchev–Trinajstić information content (AvgIpc) is 2.74. The highest BCUT2D eigenvalue weighted by atomic mass is 32.2. The van der Waals surface area contributed by atoms with E-state index in [4.69, 9.17) is 4.42 Å². The highest BCUT2D eigenvalue weighted by molar-refractivity contribution is 7.99. The van der Waals surface area contributed by atoms with Crippen molar-refractivity contribution in [3.63, 3.8) is 0 Å². The van der Waals surface area contributed by atoms with Crippen molar-refractivity contribution >= 4 is 11.8 Å². The molecule has 1 aromatic rings. The van der Waals surface area contributed by atoms with Crippen LogP contribution in [0, 0.1) is 0 Å². The summed E-state index contributed by atoms with van der Waals surface area (Å²) in [7, 11) is 0. The van der Waals surface area contributed by atoms with Crippen LogP contribution in [0.3, 0.4) is 0 Å². The molecule has 2 heterocycles. The van der Waals surface area contributed by atoms with Crippen molar-refractivity contribution in [1.82, 2.24) is 10.2 Å². The quantitative estimate of drug-likeness (QED) is 0.873. The number of nitrogens with zero attached hydrogens (tertiary/aromatic N) is 1. The molecule has 1 saturated heterocycles. The van der Waals surface area contributed by atoms with Gasteiger partial charge in [0, 0.05) is 36.2 Å². The zero-order valence-corrected chi connectivity index (χ0v) is 11.6. The third kappa shape index (κ3) is 3.76. The monoisotopic (exact) mass is 254 g/mol. The zero-order valence-electron chi connectivity index (χ0n) is 10.7. The van der Waals surface area contributed by atoms with E-state index in [9.17, 15) is 0 Å². The molecule has 1 aliphatic heterocycles. The number of hydrogen-bond acceptors (Lipinski definition) is 4. The second kappa shape index (κ2) is 6.47. The maximum Gasteiger partial charge on any atom is 0.122 e. The predicted octanol–water partition coefficient (Wildman–Crippen LogP) is 2.33. The number of nitrogens with one attached hydrogen (secondary N) is 1. The molecule has 1 fully saturated rings. The van der Waals surface area contributed by atoms with Crippen LogP contribution in [0.2, 0.25) is 0 Å². The molecule has 0 bridgehead atoms. The summed E-state index contributed by atoms with van der Waals surface area (Å²) in [5, 5.41) is 4.10. The molecule has 1 aliphatic rings. The summed E-state index contributed by atoms with van der Waals surface area (Å²) in [6, 6.07) is 2.08. The summed E-state index contributed by atoms with van der Waals surface area (Å²) in [5.41, 5.74) is 1.30. The van der Waals surface area contributed by atoms with Gasteiger partial charge in [-0.15, -0.1) is 0 Å². The van der Waals surface area contributed by atoms with Gasteiger partial charge >= 0.3 is 0 Å². The van der Waals surface area contributed by atoms with Gasteiger partial charge in [-0.2, -0.15) is 11.8 Å². The van der Waals surface area contributed by atoms with E-state index in [2.05, 4.69) is 41.9 Å². The molecule has 4 heteroatoms. The summed E-state index contributed by atoms with van der Waals surface area (Å²) < 4.78 is 5.61. The van der Waals surface area contributed by atoms with Crippen LogP contribution in [-0.4, -0.2) is 35.5 Å². The highest BCUT2D eigenvalue weighted by Crippen LogP contribution is 2.21. The van der Waals surface area contributed by atoms with Crippen molar-refractivity contribution in [2.45, 2.75) is 32.2 Å². The lowest BCUT2D eigenvalue weighted by Crippen LogP contribution is -2.36. The van der Waals surface area contributed by atoms with Crippen LogP contribution >= 0.6 is 11.8 Å². The summed E-state index contributed by atoms with van der Waals surface area (Å²) in [6.45, 7) is 9.66. The minimum absolute atomic E-state index is 0.746. The maximum absolute atomic E-state index is 5.61. The lowest BCUT2D eigenvalue weighted by atomic mass is 10.2. The Balaban J connectivity index is 1.91. The van der Waals surface area contributed by atoms with E-state index < -0.39 is 0 Å². The third-order valence-corrected chi connectivity index (χ3v) is 4.23. The minimum atomic E-state index is 0.746. The molecular formula is C13H22N2OS. The molecule has 0 aromatic carbocycles. The summed E-state index contributed by atoms with van der Waals surface area (Å²) in [6.07, 6.45) is 1.81. The van der Waals surface area contributed by atoms with Crippen molar-refractivity contribution in [3.05, 3.63) is 23.7 Å². The lowest BCUT2D eigenvalue weighted by molar-refractivity contribution is 0.253. The summed E-state index contributed by atoms with van der Waals surface area (Å²) in [4.78, 5) is 2.50. The van der Waals surface area contributed by atoms with Gasteiger partial charge in [-0.3, -0.25) is 4.90 Å². The Morgan fingerprint density at radius 3 is 3.24 bits per heavy atom. The van der Waals surface area contributed by atoms with Gasteiger partial charge in [-0.1, -0.05) is 13.8 Å². The topological polar surface area (TPSA) is 28.4 Å². The van der Waals surface area contributed by atoms with Crippen LogP contribution in [0.4, 0.5) is 0 Å². The number of rotatable bonds is 5. The van der Waals surface area contributed by atoms with E-state index >= 15 is 0 Å². The van der Waals surface area contributed by atoms with Crippen molar-refractivity contribution in [3.8, 4) is 0 Å². The summed E-state index contributed by atoms with van der Waals surface area (Å²) >= 11 is 2.07. The molecule has 1 atom stereocenters. The molecule has 1 N–H and O–H groups in total. The van der Waals surface area contributed by atoms with Gasteiger partial charge in [0.25, 0.3) is 0 Å². The van der Waals surface area contributed by atoms with Crippen molar-refractivity contribution in [2.75, 3.05) is 25.4 Å². The van der Waals surface area contributed by atoms with Crippen LogP contribution in [0.15, 0.2) is 16.7 Å². The van der Waals surface area contributed by atoms with E-state index in [1.807, 2.05) is 6.26 Å². The molecule has 0 amide bonds. The molecule has 1 aromatic heterocycles. The lowest BCUT2D eigenvalue weighted by Gasteiger charge is -2.29. The molecule has 3 nitrogen and oxygen atoms in total. The normalized spacial score (nSPS) is 21.9. The Hall–Kier alpha value is -0.450. The van der Waals surface area contributed by atoms with Gasteiger partial charge < -0.3 is 9.73 Å². The molecule has 0 radical (unpaired) electrons. The molecule has 0 aliphatic carbocycles. The van der Waals surface area contributed by atoms with E-state index in [0.29, 0.717) is 0 Å². The summed E-state index contributed by atoms with van der Waals surface area (Å²) in [5.74, 6) is 2.37.